The molecule has 0 bridgehead atoms. The van der Waals surface area contributed by atoms with Crippen molar-refractivity contribution in [2.45, 2.75) is 37.4 Å². The van der Waals surface area contributed by atoms with E-state index in [4.69, 9.17) is 0 Å². The van der Waals surface area contributed by atoms with Gasteiger partial charge >= 0.3 is 0 Å². The molecule has 0 spiro atoms. The number of nitrogens with one attached hydrogen (secondary N) is 9. The summed E-state index contributed by atoms with van der Waals surface area (Å²) in [5.41, 5.74) is 0. The Morgan fingerprint density at radius 1 is 0.583 bits per heavy atom. The highest BCUT2D eigenvalue weighted by Gasteiger charge is 2.26. The van der Waals surface area contributed by atoms with Gasteiger partial charge in [0.2, 0.25) is 35.4 Å². The molecule has 1 saturated heterocycles. The first-order valence-electron chi connectivity index (χ1n) is 11.8. The van der Waals surface area contributed by atoms with Gasteiger partial charge in [-0.3, -0.25) is 28.8 Å². The third-order valence-electron chi connectivity index (χ3n) is 5.04. The molecule has 1 aliphatic rings. The Hall–Kier alpha value is -3.30. The highest BCUT2D eigenvalue weighted by atomic mass is 16.2. The van der Waals surface area contributed by atoms with Gasteiger partial charge in [-0.2, -0.15) is 0 Å². The average molecular weight is 514 g/mol. The third kappa shape index (κ3) is 13.6. The summed E-state index contributed by atoms with van der Waals surface area (Å²) < 4.78 is 0. The van der Waals surface area contributed by atoms with E-state index in [1.165, 1.54) is 0 Å². The van der Waals surface area contributed by atoms with Gasteiger partial charge in [-0.15, -0.1) is 0 Å². The Balaban J connectivity index is 2.99. The van der Waals surface area contributed by atoms with Gasteiger partial charge < -0.3 is 47.9 Å². The van der Waals surface area contributed by atoms with Crippen molar-refractivity contribution in [1.82, 2.24) is 47.9 Å². The highest BCUT2D eigenvalue weighted by Crippen LogP contribution is 2.02. The molecule has 1 rings (SSSR count). The van der Waals surface area contributed by atoms with Crippen LogP contribution in [0.25, 0.3) is 0 Å². The van der Waals surface area contributed by atoms with Crippen molar-refractivity contribution in [3.05, 3.63) is 0 Å². The summed E-state index contributed by atoms with van der Waals surface area (Å²) >= 11 is 0. The Morgan fingerprint density at radius 2 is 0.833 bits per heavy atom. The van der Waals surface area contributed by atoms with E-state index < -0.39 is 35.8 Å². The second-order valence-electron chi connectivity index (χ2n) is 8.41. The van der Waals surface area contributed by atoms with Crippen molar-refractivity contribution >= 4 is 35.4 Å². The maximum absolute atomic E-state index is 12.7. The van der Waals surface area contributed by atoms with Crippen LogP contribution in [0, 0.1) is 0 Å². The SMILES string of the molecule is CNCC(=O)NC[C@H]1CC(=O)N[C@@H](CNC(=O)CNC)CC(=O)N[C@@H](CNC(=O)CNC)CC(=O)N1. The summed E-state index contributed by atoms with van der Waals surface area (Å²) in [6.07, 6.45) is -0.465. The second kappa shape index (κ2) is 17.2. The van der Waals surface area contributed by atoms with Crippen LogP contribution in [0.15, 0.2) is 0 Å². The fourth-order valence-electron chi connectivity index (χ4n) is 3.43. The quantitative estimate of drug-likeness (QED) is 0.122. The summed E-state index contributed by atoms with van der Waals surface area (Å²) in [7, 11) is 4.85. The largest absolute Gasteiger partial charge is 0.353 e. The Bertz CT molecular complexity index is 655. The van der Waals surface area contributed by atoms with Gasteiger partial charge in [-0.1, -0.05) is 0 Å². The highest BCUT2D eigenvalue weighted by molar-refractivity contribution is 5.84. The van der Waals surface area contributed by atoms with E-state index in [2.05, 4.69) is 47.9 Å². The molecule has 15 nitrogen and oxygen atoms in total. The first-order chi connectivity index (χ1) is 17.2. The van der Waals surface area contributed by atoms with Crippen molar-refractivity contribution in [2.24, 2.45) is 0 Å². The summed E-state index contributed by atoms with van der Waals surface area (Å²) in [4.78, 5) is 73.6. The van der Waals surface area contributed by atoms with E-state index in [0.717, 1.165) is 0 Å². The van der Waals surface area contributed by atoms with Crippen LogP contribution in [0.2, 0.25) is 0 Å². The molecular weight excluding hydrogens is 474 g/mol. The van der Waals surface area contributed by atoms with Gasteiger partial charge in [0.15, 0.2) is 0 Å². The molecule has 0 aliphatic carbocycles. The Morgan fingerprint density at radius 3 is 1.06 bits per heavy atom. The van der Waals surface area contributed by atoms with Crippen molar-refractivity contribution in [3.63, 3.8) is 0 Å². The van der Waals surface area contributed by atoms with Crippen LogP contribution in [0.5, 0.6) is 0 Å². The number of hydrogen-bond donors (Lipinski definition) is 9. The van der Waals surface area contributed by atoms with Crippen LogP contribution in [0.1, 0.15) is 19.3 Å². The van der Waals surface area contributed by atoms with Gasteiger partial charge in [-0.25, -0.2) is 0 Å². The van der Waals surface area contributed by atoms with Crippen molar-refractivity contribution in [2.75, 3.05) is 60.4 Å². The van der Waals surface area contributed by atoms with Crippen LogP contribution < -0.4 is 47.9 Å². The molecule has 204 valence electrons. The monoisotopic (exact) mass is 513 g/mol. The van der Waals surface area contributed by atoms with Gasteiger partial charge in [-0.05, 0) is 21.1 Å². The standard InChI is InChI=1S/C21H39N9O6/c1-22-10-19(34)25-7-13-4-16(31)29-15(9-27-21(36)12-24-3)6-18(33)30-14(5-17(32)28-13)8-26-20(35)11-23-2/h13-15,22-24H,4-12H2,1-3H3,(H,25,34)(H,26,35)(H,27,36)(H,28,32)(H,29,31)(H,30,33)/t13-,14-,15-/m1/s1. The molecule has 36 heavy (non-hydrogen) atoms. The minimum Gasteiger partial charge on any atom is -0.353 e. The number of rotatable bonds is 12. The molecule has 0 aromatic carbocycles. The number of carbonyl (C=O) groups excluding carboxylic acids is 6. The van der Waals surface area contributed by atoms with E-state index in [-0.39, 0.29) is 76.3 Å². The predicted octanol–water partition coefficient (Wildman–Crippen LogP) is -5.37. The summed E-state index contributed by atoms with van der Waals surface area (Å²) in [6.45, 7) is 0.253. The maximum Gasteiger partial charge on any atom is 0.234 e. The van der Waals surface area contributed by atoms with E-state index in [1.807, 2.05) is 0 Å². The smallest absolute Gasteiger partial charge is 0.234 e. The Labute approximate surface area is 210 Å². The molecule has 0 radical (unpaired) electrons. The van der Waals surface area contributed by atoms with Gasteiger partial charge in [0.25, 0.3) is 0 Å². The molecule has 1 aliphatic heterocycles. The lowest BCUT2D eigenvalue weighted by Gasteiger charge is -2.26. The molecule has 15 heteroatoms. The fraction of sp³-hybridized carbons (Fsp3) is 0.714. The van der Waals surface area contributed by atoms with E-state index in [0.29, 0.717) is 0 Å². The molecule has 0 saturated carbocycles. The molecule has 0 aromatic rings. The molecule has 6 amide bonds. The zero-order valence-electron chi connectivity index (χ0n) is 21.0. The minimum atomic E-state index is -0.715. The Kier molecular flexibility index (Phi) is 14.7. The fourth-order valence-corrected chi connectivity index (χ4v) is 3.43. The molecule has 0 aromatic heterocycles. The molecule has 9 N–H and O–H groups in total. The van der Waals surface area contributed by atoms with Crippen LogP contribution in [0.3, 0.4) is 0 Å². The van der Waals surface area contributed by atoms with Crippen LogP contribution in [-0.2, 0) is 28.8 Å². The first-order valence-corrected chi connectivity index (χ1v) is 11.8. The van der Waals surface area contributed by atoms with Gasteiger partial charge in [0, 0.05) is 38.9 Å². The summed E-state index contributed by atoms with van der Waals surface area (Å²) in [5, 5.41) is 24.2. The van der Waals surface area contributed by atoms with Gasteiger partial charge in [0.1, 0.15) is 0 Å². The molecular formula is C21H39N9O6. The van der Waals surface area contributed by atoms with Crippen LogP contribution in [0.4, 0.5) is 0 Å². The average Bonchev–Trinajstić information content (AvgIpc) is 2.79. The van der Waals surface area contributed by atoms with Crippen LogP contribution in [-0.4, -0.2) is 114 Å². The number of likely N-dealkylation sites (N-methyl/N-ethyl adjacent to an activating group) is 3. The minimum absolute atomic E-state index is 0.0131. The molecule has 1 heterocycles. The lowest BCUT2D eigenvalue weighted by atomic mass is 10.1. The molecule has 0 unspecified atom stereocenters. The van der Waals surface area contributed by atoms with Crippen LogP contribution >= 0.6 is 0 Å². The van der Waals surface area contributed by atoms with E-state index >= 15 is 0 Å². The normalized spacial score (nSPS) is 21.1. The topological polar surface area (TPSA) is 211 Å². The van der Waals surface area contributed by atoms with Gasteiger partial charge in [0.05, 0.1) is 37.8 Å². The second-order valence-corrected chi connectivity index (χ2v) is 8.41. The van der Waals surface area contributed by atoms with E-state index in [1.54, 1.807) is 21.1 Å². The first kappa shape index (κ1) is 30.7. The summed E-state index contributed by atoms with van der Waals surface area (Å²) in [6, 6.07) is -2.15. The van der Waals surface area contributed by atoms with E-state index in [9.17, 15) is 28.8 Å². The lowest BCUT2D eigenvalue weighted by Crippen LogP contribution is -2.54. The zero-order chi connectivity index (χ0) is 26.9. The number of amides is 6. The lowest BCUT2D eigenvalue weighted by molar-refractivity contribution is -0.128. The predicted molar refractivity (Wildman–Crippen MR) is 130 cm³/mol. The molecule has 1 fully saturated rings. The summed E-state index contributed by atoms with van der Waals surface area (Å²) in [5.74, 6) is -2.29. The number of hydrogen-bond acceptors (Lipinski definition) is 9. The van der Waals surface area contributed by atoms with Crippen molar-refractivity contribution in [3.8, 4) is 0 Å². The number of carbonyl (C=O) groups is 6. The maximum atomic E-state index is 12.7. The van der Waals surface area contributed by atoms with Crippen molar-refractivity contribution in [1.29, 1.82) is 0 Å². The third-order valence-corrected chi connectivity index (χ3v) is 5.04. The van der Waals surface area contributed by atoms with Crippen molar-refractivity contribution < 1.29 is 28.8 Å². The molecule has 3 atom stereocenters. The zero-order valence-corrected chi connectivity index (χ0v) is 21.0.